The zero-order valence-corrected chi connectivity index (χ0v) is 23.6. The number of amides is 2. The number of cyclic esters (lactones) is 1. The summed E-state index contributed by atoms with van der Waals surface area (Å²) >= 11 is 1.46. The Kier molecular flexibility index (Phi) is 6.85. The van der Waals surface area contributed by atoms with Crippen molar-refractivity contribution in [2.24, 2.45) is 0 Å². The number of hydrogen-bond acceptors (Lipinski definition) is 10. The Bertz CT molecular complexity index is 1720. The number of benzene rings is 1. The fourth-order valence-corrected chi connectivity index (χ4v) is 6.52. The summed E-state index contributed by atoms with van der Waals surface area (Å²) in [6.45, 7) is 2.97. The van der Waals surface area contributed by atoms with E-state index in [1.807, 2.05) is 17.0 Å². The number of hydrogen-bond donors (Lipinski definition) is 2. The molecule has 0 unspecified atom stereocenters. The number of carboxylic acid groups (broad SMARTS) is 1. The zero-order valence-electron chi connectivity index (χ0n) is 22.8. The van der Waals surface area contributed by atoms with Crippen molar-refractivity contribution in [3.8, 4) is 5.75 Å². The highest BCUT2D eigenvalue weighted by molar-refractivity contribution is 8.00. The number of ether oxygens (including phenoxy) is 2. The van der Waals surface area contributed by atoms with Crippen molar-refractivity contribution in [3.63, 3.8) is 0 Å². The number of pyridine rings is 2. The molecule has 15 heteroatoms. The van der Waals surface area contributed by atoms with Gasteiger partial charge in [0.15, 0.2) is 17.4 Å². The van der Waals surface area contributed by atoms with Crippen LogP contribution >= 0.6 is 11.8 Å². The van der Waals surface area contributed by atoms with Crippen LogP contribution in [-0.2, 0) is 9.53 Å². The molecule has 1 saturated carbocycles. The summed E-state index contributed by atoms with van der Waals surface area (Å²) in [4.78, 5) is 59.4. The normalized spacial score (nSPS) is 20.6. The number of fused-ring (bicyclic) bond motifs is 2. The van der Waals surface area contributed by atoms with Gasteiger partial charge in [0.2, 0.25) is 11.3 Å². The molecule has 2 aromatic heterocycles. The van der Waals surface area contributed by atoms with Gasteiger partial charge in [-0.15, -0.1) is 11.8 Å². The topological polar surface area (TPSA) is 147 Å². The van der Waals surface area contributed by atoms with Gasteiger partial charge in [-0.3, -0.25) is 19.4 Å². The second-order valence-corrected chi connectivity index (χ2v) is 11.9. The van der Waals surface area contributed by atoms with Gasteiger partial charge in [0.25, 0.3) is 0 Å². The number of aromatic nitrogens is 2. The molecule has 2 N–H and O–H groups in total. The SMILES string of the molecule is O=C1CSc2ccc(N3C[C@H](CN4CCN(c5nc6c(cc5F)c(=O)c(OC(=O)O)cn6C5CC5)CC4)OC3=O)cc2N1. The molecule has 0 bridgehead atoms. The van der Waals surface area contributed by atoms with E-state index >= 15 is 4.39 Å². The summed E-state index contributed by atoms with van der Waals surface area (Å²) in [7, 11) is 0. The Balaban J connectivity index is 1.02. The van der Waals surface area contributed by atoms with Crippen LogP contribution in [0.1, 0.15) is 18.9 Å². The van der Waals surface area contributed by atoms with Gasteiger partial charge in [0, 0.05) is 49.3 Å². The van der Waals surface area contributed by atoms with E-state index in [0.717, 1.165) is 23.8 Å². The lowest BCUT2D eigenvalue weighted by Gasteiger charge is -2.36. The first-order chi connectivity index (χ1) is 20.7. The van der Waals surface area contributed by atoms with Crippen molar-refractivity contribution < 1.29 is 33.4 Å². The first kappa shape index (κ1) is 27.5. The van der Waals surface area contributed by atoms with E-state index in [1.54, 1.807) is 15.5 Å². The highest BCUT2D eigenvalue weighted by atomic mass is 32.2. The van der Waals surface area contributed by atoms with Crippen molar-refractivity contribution in [2.45, 2.75) is 29.9 Å². The largest absolute Gasteiger partial charge is 0.511 e. The molecule has 0 radical (unpaired) electrons. The quantitative estimate of drug-likeness (QED) is 0.397. The number of carbonyl (C=O) groups excluding carboxylic acids is 2. The lowest BCUT2D eigenvalue weighted by Crippen LogP contribution is -2.49. The molecule has 3 aromatic rings. The maximum atomic E-state index is 15.3. The monoisotopic (exact) mass is 610 g/mol. The molecule has 1 atom stereocenters. The van der Waals surface area contributed by atoms with E-state index in [1.165, 1.54) is 18.0 Å². The third kappa shape index (κ3) is 5.33. The number of halogens is 1. The van der Waals surface area contributed by atoms with Gasteiger partial charge >= 0.3 is 12.2 Å². The molecule has 3 aliphatic heterocycles. The molecule has 2 amide bonds. The summed E-state index contributed by atoms with van der Waals surface area (Å²) in [5, 5.41) is 11.8. The summed E-state index contributed by atoms with van der Waals surface area (Å²) in [5.74, 6) is -0.635. The summed E-state index contributed by atoms with van der Waals surface area (Å²) in [6.07, 6.45) is 0.596. The summed E-state index contributed by atoms with van der Waals surface area (Å²) < 4.78 is 27.3. The van der Waals surface area contributed by atoms with Gasteiger partial charge in [-0.2, -0.15) is 0 Å². The van der Waals surface area contributed by atoms with E-state index < -0.39 is 23.5 Å². The lowest BCUT2D eigenvalue weighted by molar-refractivity contribution is -0.113. The second kappa shape index (κ2) is 10.7. The molecule has 1 aliphatic carbocycles. The van der Waals surface area contributed by atoms with E-state index in [9.17, 15) is 19.2 Å². The minimum Gasteiger partial charge on any atom is -0.449 e. The molecule has 1 aromatic carbocycles. The van der Waals surface area contributed by atoms with Gasteiger partial charge in [-0.05, 0) is 37.1 Å². The number of anilines is 3. The van der Waals surface area contributed by atoms with E-state index in [2.05, 4.69) is 19.9 Å². The molecule has 4 aliphatic rings. The van der Waals surface area contributed by atoms with Crippen LogP contribution in [0.4, 0.5) is 31.2 Å². The van der Waals surface area contributed by atoms with Gasteiger partial charge in [0.05, 0.1) is 29.6 Å². The molecular weight excluding hydrogens is 583 g/mol. The average molecular weight is 611 g/mol. The highest BCUT2D eigenvalue weighted by Crippen LogP contribution is 2.38. The van der Waals surface area contributed by atoms with Crippen molar-refractivity contribution >= 4 is 58.1 Å². The number of nitrogens with one attached hydrogen (secondary N) is 1. The van der Waals surface area contributed by atoms with Crippen LogP contribution in [0.25, 0.3) is 11.0 Å². The molecule has 43 heavy (non-hydrogen) atoms. The molecule has 224 valence electrons. The zero-order chi connectivity index (χ0) is 29.8. The fraction of sp³-hybridized carbons (Fsp3) is 0.393. The van der Waals surface area contributed by atoms with Gasteiger partial charge in [0.1, 0.15) is 11.8 Å². The van der Waals surface area contributed by atoms with Crippen LogP contribution in [0.15, 0.2) is 40.2 Å². The number of nitrogens with zero attached hydrogens (tertiary/aromatic N) is 5. The summed E-state index contributed by atoms with van der Waals surface area (Å²) in [5.41, 5.74) is 0.908. The minimum absolute atomic E-state index is 0.0294. The third-order valence-corrected chi connectivity index (χ3v) is 9.03. The predicted molar refractivity (Wildman–Crippen MR) is 155 cm³/mol. The molecular formula is C28H27FN6O7S. The molecule has 13 nitrogen and oxygen atoms in total. The van der Waals surface area contributed by atoms with Crippen LogP contribution in [-0.4, -0.2) is 88.8 Å². The first-order valence-corrected chi connectivity index (χ1v) is 14.9. The van der Waals surface area contributed by atoms with Gasteiger partial charge in [-0.1, -0.05) is 0 Å². The maximum absolute atomic E-state index is 15.3. The minimum atomic E-state index is -1.62. The van der Waals surface area contributed by atoms with E-state index in [0.29, 0.717) is 62.0 Å². The number of thioether (sulfide) groups is 1. The van der Waals surface area contributed by atoms with Crippen LogP contribution < -0.4 is 25.3 Å². The Morgan fingerprint density at radius 2 is 1.95 bits per heavy atom. The highest BCUT2D eigenvalue weighted by Gasteiger charge is 2.35. The van der Waals surface area contributed by atoms with Crippen LogP contribution in [0.3, 0.4) is 0 Å². The third-order valence-electron chi connectivity index (χ3n) is 7.96. The second-order valence-electron chi connectivity index (χ2n) is 10.9. The first-order valence-electron chi connectivity index (χ1n) is 13.9. The number of carbonyl (C=O) groups is 3. The molecule has 2 saturated heterocycles. The number of piperazine rings is 1. The molecule has 3 fully saturated rings. The molecule has 0 spiro atoms. The van der Waals surface area contributed by atoms with Crippen molar-refractivity contribution in [2.75, 3.05) is 60.1 Å². The Labute approximate surface area is 248 Å². The fourth-order valence-electron chi connectivity index (χ4n) is 5.73. The van der Waals surface area contributed by atoms with Crippen molar-refractivity contribution in [1.82, 2.24) is 14.5 Å². The Morgan fingerprint density at radius 3 is 2.70 bits per heavy atom. The van der Waals surface area contributed by atoms with E-state index in [4.69, 9.17) is 9.84 Å². The van der Waals surface area contributed by atoms with Gasteiger partial charge in [-0.25, -0.2) is 19.0 Å². The number of rotatable bonds is 6. The van der Waals surface area contributed by atoms with Crippen LogP contribution in [0.2, 0.25) is 0 Å². The van der Waals surface area contributed by atoms with Gasteiger partial charge < -0.3 is 29.4 Å². The van der Waals surface area contributed by atoms with Crippen LogP contribution in [0, 0.1) is 5.82 Å². The smallest absolute Gasteiger partial charge is 0.449 e. The van der Waals surface area contributed by atoms with Crippen LogP contribution in [0.5, 0.6) is 5.75 Å². The van der Waals surface area contributed by atoms with Crippen molar-refractivity contribution in [1.29, 1.82) is 0 Å². The van der Waals surface area contributed by atoms with Crippen molar-refractivity contribution in [3.05, 3.63) is 46.5 Å². The molecule has 7 rings (SSSR count). The Morgan fingerprint density at radius 1 is 1.16 bits per heavy atom. The summed E-state index contributed by atoms with van der Waals surface area (Å²) in [6, 6.07) is 6.67. The average Bonchev–Trinajstić information content (AvgIpc) is 3.76. The molecule has 5 heterocycles. The standard InChI is InChI=1S/C28H27FN6O7S/c29-19-10-18-24(37)21(42-28(39)40)13-34(15-1-2-15)25(18)31-26(19)33-7-5-32(6-8-33)11-17-12-35(27(38)41-17)16-3-4-22-20(9-16)30-23(36)14-43-22/h3-4,9-10,13,15,17H,1-2,5-8,11-12,14H2,(H,30,36)(H,39,40)/t17-/m0/s1. The van der Waals surface area contributed by atoms with E-state index in [-0.39, 0.29) is 35.0 Å². The lowest BCUT2D eigenvalue weighted by atomic mass is 10.2. The Hall–Kier alpha value is -4.37. The maximum Gasteiger partial charge on any atom is 0.511 e. The predicted octanol–water partition coefficient (Wildman–Crippen LogP) is 3.12.